The van der Waals surface area contributed by atoms with Gasteiger partial charge in [-0.05, 0) is 32.0 Å². The lowest BCUT2D eigenvalue weighted by molar-refractivity contribution is -0.115. The van der Waals surface area contributed by atoms with Crippen molar-refractivity contribution in [2.24, 2.45) is 0 Å². The van der Waals surface area contributed by atoms with Crippen LogP contribution >= 0.6 is 0 Å². The van der Waals surface area contributed by atoms with Crippen molar-refractivity contribution in [2.75, 3.05) is 16.8 Å². The number of hydrogen-bond donors (Lipinski definition) is 2. The molecule has 3 N–H and O–H groups in total. The molecule has 5 nitrogen and oxygen atoms in total. The van der Waals surface area contributed by atoms with Gasteiger partial charge in [0.1, 0.15) is 5.82 Å². The summed E-state index contributed by atoms with van der Waals surface area (Å²) in [5, 5.41) is 1.96. The summed E-state index contributed by atoms with van der Waals surface area (Å²) in [6.45, 7) is 3.13. The molecule has 0 fully saturated rings. The average Bonchev–Trinajstić information content (AvgIpc) is 2.31. The number of carbonyl (C=O) groups is 1. The van der Waals surface area contributed by atoms with E-state index in [1.807, 2.05) is 0 Å². The lowest BCUT2D eigenvalue weighted by Gasteiger charge is -2.08. The minimum Gasteiger partial charge on any atom is -0.396 e. The lowest BCUT2D eigenvalue weighted by atomic mass is 10.2. The molecule has 0 radical (unpaired) electrons. The number of nitrogens with two attached hydrogens (primary N) is 1. The number of benzene rings is 1. The number of hydrogen-bond acceptors (Lipinski definition) is 4. The summed E-state index contributed by atoms with van der Waals surface area (Å²) in [6, 6.07) is 3.78. The number of amides is 1. The van der Waals surface area contributed by atoms with Crippen molar-refractivity contribution in [2.45, 2.75) is 25.5 Å². The van der Waals surface area contributed by atoms with E-state index in [0.717, 1.165) is 6.07 Å². The summed E-state index contributed by atoms with van der Waals surface area (Å²) in [7, 11) is -3.25. The van der Waals surface area contributed by atoms with Crippen molar-refractivity contribution in [1.29, 1.82) is 0 Å². The highest BCUT2D eigenvalue weighted by molar-refractivity contribution is 7.91. The van der Waals surface area contributed by atoms with Gasteiger partial charge < -0.3 is 11.1 Å². The van der Waals surface area contributed by atoms with E-state index in [4.69, 9.17) is 5.73 Å². The van der Waals surface area contributed by atoms with Gasteiger partial charge in [0.2, 0.25) is 5.91 Å². The Morgan fingerprint density at radius 1 is 1.42 bits per heavy atom. The summed E-state index contributed by atoms with van der Waals surface area (Å²) < 4.78 is 36.0. The van der Waals surface area contributed by atoms with Gasteiger partial charge in [0, 0.05) is 12.1 Å². The minimum absolute atomic E-state index is 0.0763. The van der Waals surface area contributed by atoms with Gasteiger partial charge in [0.25, 0.3) is 0 Å². The van der Waals surface area contributed by atoms with E-state index in [2.05, 4.69) is 5.32 Å². The Balaban J connectivity index is 2.59. The molecule has 0 unspecified atom stereocenters. The highest BCUT2D eigenvalue weighted by Gasteiger charge is 2.17. The lowest BCUT2D eigenvalue weighted by Crippen LogP contribution is -2.22. The fourth-order valence-electron chi connectivity index (χ4n) is 1.32. The number of halogens is 1. The zero-order valence-electron chi connectivity index (χ0n) is 10.8. The average molecular weight is 288 g/mol. The van der Waals surface area contributed by atoms with Crippen molar-refractivity contribution in [3.05, 3.63) is 24.0 Å². The molecule has 0 aromatic heterocycles. The monoisotopic (exact) mass is 288 g/mol. The van der Waals surface area contributed by atoms with Gasteiger partial charge in [-0.3, -0.25) is 4.79 Å². The Morgan fingerprint density at radius 3 is 2.58 bits per heavy atom. The van der Waals surface area contributed by atoms with Crippen LogP contribution in [0.4, 0.5) is 15.8 Å². The van der Waals surface area contributed by atoms with Crippen LogP contribution in [-0.2, 0) is 14.6 Å². The first-order valence-corrected chi connectivity index (χ1v) is 7.50. The van der Waals surface area contributed by atoms with Crippen LogP contribution in [0.5, 0.6) is 0 Å². The molecule has 1 aromatic rings. The number of nitrogen functional groups attached to an aromatic ring is 1. The van der Waals surface area contributed by atoms with E-state index in [1.165, 1.54) is 12.1 Å². The van der Waals surface area contributed by atoms with E-state index in [9.17, 15) is 17.6 Å². The number of rotatable bonds is 5. The zero-order chi connectivity index (χ0) is 14.6. The van der Waals surface area contributed by atoms with E-state index in [0.29, 0.717) is 5.69 Å². The van der Waals surface area contributed by atoms with Crippen LogP contribution in [0.1, 0.15) is 20.3 Å². The predicted molar refractivity (Wildman–Crippen MR) is 73.0 cm³/mol. The summed E-state index contributed by atoms with van der Waals surface area (Å²) in [4.78, 5) is 11.6. The van der Waals surface area contributed by atoms with Gasteiger partial charge in [-0.1, -0.05) is 0 Å². The van der Waals surface area contributed by atoms with Crippen LogP contribution in [0, 0.1) is 5.82 Å². The quantitative estimate of drug-likeness (QED) is 0.805. The highest BCUT2D eigenvalue weighted by atomic mass is 32.2. The molecule has 0 aliphatic rings. The third-order valence-electron chi connectivity index (χ3n) is 2.61. The van der Waals surface area contributed by atoms with Gasteiger partial charge in [0.15, 0.2) is 9.84 Å². The molecule has 0 saturated heterocycles. The number of sulfone groups is 1. The molecule has 0 spiro atoms. The second-order valence-electron chi connectivity index (χ2n) is 4.45. The number of anilines is 2. The van der Waals surface area contributed by atoms with E-state index < -0.39 is 26.8 Å². The largest absolute Gasteiger partial charge is 0.396 e. The molecule has 19 heavy (non-hydrogen) atoms. The van der Waals surface area contributed by atoms with Crippen molar-refractivity contribution in [3.8, 4) is 0 Å². The Morgan fingerprint density at radius 2 is 2.05 bits per heavy atom. The van der Waals surface area contributed by atoms with Crippen molar-refractivity contribution in [3.63, 3.8) is 0 Å². The molecule has 1 rings (SSSR count). The predicted octanol–water partition coefficient (Wildman–Crippen LogP) is 1.56. The Kier molecular flexibility index (Phi) is 4.88. The molecular formula is C12H17FN2O3S. The molecule has 7 heteroatoms. The topological polar surface area (TPSA) is 89.3 Å². The zero-order valence-corrected chi connectivity index (χ0v) is 11.6. The molecule has 0 bridgehead atoms. The first kappa shape index (κ1) is 15.4. The fourth-order valence-corrected chi connectivity index (χ4v) is 2.26. The fraction of sp³-hybridized carbons (Fsp3) is 0.417. The summed E-state index contributed by atoms with van der Waals surface area (Å²) in [6.07, 6.45) is -0.141. The smallest absolute Gasteiger partial charge is 0.225 e. The Hall–Kier alpha value is -1.63. The van der Waals surface area contributed by atoms with Crippen LogP contribution < -0.4 is 11.1 Å². The molecule has 106 valence electrons. The van der Waals surface area contributed by atoms with E-state index >= 15 is 0 Å². The van der Waals surface area contributed by atoms with Gasteiger partial charge in [0.05, 0.1) is 16.7 Å². The van der Waals surface area contributed by atoms with Gasteiger partial charge in [-0.25, -0.2) is 12.8 Å². The molecule has 0 saturated carbocycles. The van der Waals surface area contributed by atoms with Gasteiger partial charge >= 0.3 is 0 Å². The molecule has 1 amide bonds. The number of carbonyl (C=O) groups excluding carboxylic acids is 1. The van der Waals surface area contributed by atoms with Crippen LogP contribution in [-0.4, -0.2) is 25.3 Å². The van der Waals surface area contributed by atoms with Crippen LogP contribution in [0.15, 0.2) is 18.2 Å². The molecular weight excluding hydrogens is 271 g/mol. The van der Waals surface area contributed by atoms with Gasteiger partial charge in [-0.15, -0.1) is 0 Å². The summed E-state index contributed by atoms with van der Waals surface area (Å²) in [5.41, 5.74) is 5.62. The second-order valence-corrected chi connectivity index (χ2v) is 7.13. The SMILES string of the molecule is CC(C)S(=O)(=O)CCC(=O)Nc1ccc(F)c(N)c1. The van der Waals surface area contributed by atoms with E-state index in [1.54, 1.807) is 13.8 Å². The summed E-state index contributed by atoms with van der Waals surface area (Å²) in [5.74, 6) is -1.23. The maximum atomic E-state index is 12.9. The molecule has 0 heterocycles. The highest BCUT2D eigenvalue weighted by Crippen LogP contribution is 2.16. The molecule has 0 aliphatic carbocycles. The maximum absolute atomic E-state index is 12.9. The van der Waals surface area contributed by atoms with Crippen LogP contribution in [0.25, 0.3) is 0 Å². The van der Waals surface area contributed by atoms with Crippen molar-refractivity contribution < 1.29 is 17.6 Å². The Bertz CT molecular complexity index is 570. The van der Waals surface area contributed by atoms with Crippen molar-refractivity contribution >= 4 is 27.1 Å². The molecule has 0 atom stereocenters. The van der Waals surface area contributed by atoms with Crippen molar-refractivity contribution in [1.82, 2.24) is 0 Å². The second kappa shape index (κ2) is 6.01. The standard InChI is InChI=1S/C12H17FN2O3S/c1-8(2)19(17,18)6-5-12(16)15-9-3-4-10(13)11(14)7-9/h3-4,7-8H,5-6,14H2,1-2H3,(H,15,16). The van der Waals surface area contributed by atoms with Gasteiger partial charge in [-0.2, -0.15) is 0 Å². The maximum Gasteiger partial charge on any atom is 0.225 e. The normalized spacial score (nSPS) is 11.6. The third kappa shape index (κ3) is 4.51. The molecule has 0 aliphatic heterocycles. The minimum atomic E-state index is -3.25. The van der Waals surface area contributed by atoms with Crippen LogP contribution in [0.3, 0.4) is 0 Å². The summed E-state index contributed by atoms with van der Waals surface area (Å²) >= 11 is 0. The van der Waals surface area contributed by atoms with E-state index in [-0.39, 0.29) is 17.9 Å². The first-order chi connectivity index (χ1) is 8.72. The third-order valence-corrected chi connectivity index (χ3v) is 4.82. The Labute approximate surface area is 111 Å². The first-order valence-electron chi connectivity index (χ1n) is 5.79. The van der Waals surface area contributed by atoms with Crippen LogP contribution in [0.2, 0.25) is 0 Å². The number of nitrogens with one attached hydrogen (secondary N) is 1. The molecule has 1 aromatic carbocycles.